The van der Waals surface area contributed by atoms with Gasteiger partial charge in [-0.25, -0.2) is 8.42 Å². The summed E-state index contributed by atoms with van der Waals surface area (Å²) in [7, 11) is 2.45. The maximum absolute atomic E-state index is 12.9. The zero-order valence-corrected chi connectivity index (χ0v) is 21.3. The molecule has 0 aliphatic heterocycles. The van der Waals surface area contributed by atoms with Gasteiger partial charge in [-0.05, 0) is 36.3 Å². The zero-order chi connectivity index (χ0) is 25.4. The number of sulfone groups is 1. The van der Waals surface area contributed by atoms with Crippen molar-refractivity contribution in [3.8, 4) is 23.0 Å². The van der Waals surface area contributed by atoms with Gasteiger partial charge in [0.1, 0.15) is 28.7 Å². The number of hydrogen-bond donors (Lipinski definition) is 0. The third-order valence-electron chi connectivity index (χ3n) is 5.24. The van der Waals surface area contributed by atoms with Crippen molar-refractivity contribution in [3.05, 3.63) is 82.3 Å². The smallest absolute Gasteiger partial charge is 0.175 e. The molecule has 3 aromatic carbocycles. The number of nitrogens with zero attached hydrogens (tertiary/aromatic N) is 1. The minimum Gasteiger partial charge on any atom is -0.496 e. The molecule has 7 nitrogen and oxygen atoms in total. The van der Waals surface area contributed by atoms with Gasteiger partial charge in [-0.2, -0.15) is 0 Å². The number of rotatable bonds is 10. The van der Waals surface area contributed by atoms with Gasteiger partial charge >= 0.3 is 0 Å². The first-order valence-corrected chi connectivity index (χ1v) is 12.5. The zero-order valence-electron chi connectivity index (χ0n) is 20.4. The lowest BCUT2D eigenvalue weighted by atomic mass is 10.1. The molecule has 0 unspecified atom stereocenters. The second-order valence-electron chi connectivity index (χ2n) is 7.73. The first kappa shape index (κ1) is 25.8. The van der Waals surface area contributed by atoms with Crippen LogP contribution in [0, 0.1) is 6.92 Å². The van der Waals surface area contributed by atoms with Crippen LogP contribution in [0.15, 0.2) is 65.0 Å². The van der Waals surface area contributed by atoms with Gasteiger partial charge in [-0.15, -0.1) is 0 Å². The molecule has 0 aromatic heterocycles. The van der Waals surface area contributed by atoms with E-state index in [4.69, 9.17) is 18.9 Å². The van der Waals surface area contributed by atoms with Gasteiger partial charge < -0.3 is 18.9 Å². The molecule has 0 atom stereocenters. The lowest BCUT2D eigenvalue weighted by Gasteiger charge is -2.12. The Balaban J connectivity index is 1.86. The summed E-state index contributed by atoms with van der Waals surface area (Å²) in [5.74, 6) is 1.75. The molecule has 0 aliphatic carbocycles. The lowest BCUT2D eigenvalue weighted by molar-refractivity contribution is 0.374. The minimum atomic E-state index is -3.62. The Bertz CT molecular complexity index is 1300. The fraction of sp³-hybridized carbons (Fsp3) is 0.222. The SMILES string of the molecule is COc1cc(OC)c(/C=C/S(=O)(=O)Cc2ccc(OC)c(N=Cc3ccc(C)cc3)c2)c(OC)c1. The highest BCUT2D eigenvalue weighted by molar-refractivity contribution is 7.93. The van der Waals surface area contributed by atoms with E-state index in [9.17, 15) is 8.42 Å². The predicted molar refractivity (Wildman–Crippen MR) is 139 cm³/mol. The summed E-state index contributed by atoms with van der Waals surface area (Å²) < 4.78 is 47.2. The first-order valence-electron chi connectivity index (χ1n) is 10.8. The predicted octanol–water partition coefficient (Wildman–Crippen LogP) is 5.37. The monoisotopic (exact) mass is 495 g/mol. The Morgan fingerprint density at radius 3 is 2.00 bits per heavy atom. The number of aliphatic imine (C=N–C) groups is 1. The highest BCUT2D eigenvalue weighted by Gasteiger charge is 2.14. The van der Waals surface area contributed by atoms with Crippen molar-refractivity contribution in [2.24, 2.45) is 4.99 Å². The number of hydrogen-bond acceptors (Lipinski definition) is 7. The maximum atomic E-state index is 12.9. The van der Waals surface area contributed by atoms with E-state index in [1.165, 1.54) is 27.4 Å². The number of benzene rings is 3. The quantitative estimate of drug-likeness (QED) is 0.352. The molecule has 0 aliphatic rings. The molecule has 0 bridgehead atoms. The minimum absolute atomic E-state index is 0.207. The largest absolute Gasteiger partial charge is 0.496 e. The third-order valence-corrected chi connectivity index (χ3v) is 6.52. The molecule has 0 saturated carbocycles. The van der Waals surface area contributed by atoms with Crippen LogP contribution >= 0.6 is 0 Å². The third kappa shape index (κ3) is 6.86. The molecule has 184 valence electrons. The summed E-state index contributed by atoms with van der Waals surface area (Å²) in [5.41, 5.74) is 3.71. The lowest BCUT2D eigenvalue weighted by Crippen LogP contribution is -2.01. The van der Waals surface area contributed by atoms with Gasteiger partial charge in [0.25, 0.3) is 0 Å². The summed E-state index contributed by atoms with van der Waals surface area (Å²) >= 11 is 0. The van der Waals surface area contributed by atoms with Crippen molar-refractivity contribution in [2.45, 2.75) is 12.7 Å². The van der Waals surface area contributed by atoms with E-state index in [-0.39, 0.29) is 5.75 Å². The highest BCUT2D eigenvalue weighted by Crippen LogP contribution is 2.35. The standard InChI is InChI=1S/C27H29NO6S/c1-19-6-8-20(9-7-19)17-28-24-14-21(10-11-25(24)32-3)18-35(29,30)13-12-23-26(33-4)15-22(31-2)16-27(23)34-5/h6-17H,18H2,1-5H3/b13-12+,28-17?. The van der Waals surface area contributed by atoms with E-state index in [0.717, 1.165) is 16.5 Å². The van der Waals surface area contributed by atoms with Gasteiger partial charge in [0.15, 0.2) is 9.84 Å². The fourth-order valence-electron chi connectivity index (χ4n) is 3.37. The van der Waals surface area contributed by atoms with E-state index in [0.29, 0.717) is 39.8 Å². The molecule has 0 fully saturated rings. The Morgan fingerprint density at radius 1 is 0.800 bits per heavy atom. The Hall–Kier alpha value is -3.78. The molecule has 8 heteroatoms. The molecule has 0 amide bonds. The number of methoxy groups -OCH3 is 4. The van der Waals surface area contributed by atoms with Gasteiger partial charge in [0.05, 0.1) is 39.8 Å². The molecule has 0 heterocycles. The summed E-state index contributed by atoms with van der Waals surface area (Å²) in [6.07, 6.45) is 3.18. The average molecular weight is 496 g/mol. The Morgan fingerprint density at radius 2 is 1.43 bits per heavy atom. The van der Waals surface area contributed by atoms with Gasteiger partial charge in [-0.1, -0.05) is 35.9 Å². The van der Waals surface area contributed by atoms with Crippen molar-refractivity contribution < 1.29 is 27.4 Å². The van der Waals surface area contributed by atoms with E-state index in [1.807, 2.05) is 31.2 Å². The van der Waals surface area contributed by atoms with E-state index in [1.54, 1.807) is 43.7 Å². The van der Waals surface area contributed by atoms with Crippen LogP contribution in [-0.2, 0) is 15.6 Å². The van der Waals surface area contributed by atoms with E-state index in [2.05, 4.69) is 4.99 Å². The van der Waals surface area contributed by atoms with Gasteiger partial charge in [0.2, 0.25) is 0 Å². The van der Waals surface area contributed by atoms with Gasteiger partial charge in [0, 0.05) is 23.8 Å². The first-order chi connectivity index (χ1) is 16.8. The average Bonchev–Trinajstić information content (AvgIpc) is 2.86. The van der Waals surface area contributed by atoms with Crippen LogP contribution in [0.2, 0.25) is 0 Å². The van der Waals surface area contributed by atoms with Crippen LogP contribution < -0.4 is 18.9 Å². The molecule has 0 N–H and O–H groups in total. The maximum Gasteiger partial charge on any atom is 0.175 e. The molecule has 0 spiro atoms. The van der Waals surface area contributed by atoms with Crippen LogP contribution in [0.1, 0.15) is 22.3 Å². The van der Waals surface area contributed by atoms with Crippen LogP contribution in [0.3, 0.4) is 0 Å². The second-order valence-corrected chi connectivity index (χ2v) is 9.62. The normalized spacial score (nSPS) is 11.7. The van der Waals surface area contributed by atoms with Crippen molar-refractivity contribution in [3.63, 3.8) is 0 Å². The number of ether oxygens (including phenoxy) is 4. The molecular formula is C27H29NO6S. The Kier molecular flexibility index (Phi) is 8.54. The number of aryl methyl sites for hydroxylation is 1. The molecule has 0 radical (unpaired) electrons. The van der Waals surface area contributed by atoms with Gasteiger partial charge in [-0.3, -0.25) is 4.99 Å². The van der Waals surface area contributed by atoms with Crippen molar-refractivity contribution in [2.75, 3.05) is 28.4 Å². The summed E-state index contributed by atoms with van der Waals surface area (Å²) in [4.78, 5) is 4.52. The summed E-state index contributed by atoms with van der Waals surface area (Å²) in [6.45, 7) is 2.02. The summed E-state index contributed by atoms with van der Waals surface area (Å²) in [5, 5.41) is 1.15. The van der Waals surface area contributed by atoms with Crippen LogP contribution in [-0.4, -0.2) is 43.1 Å². The van der Waals surface area contributed by atoms with Crippen molar-refractivity contribution in [1.82, 2.24) is 0 Å². The second kappa shape index (κ2) is 11.6. The topological polar surface area (TPSA) is 83.4 Å². The molecule has 3 rings (SSSR count). The molecule has 3 aromatic rings. The van der Waals surface area contributed by atoms with Crippen LogP contribution in [0.4, 0.5) is 5.69 Å². The fourth-order valence-corrected chi connectivity index (χ4v) is 4.46. The molecular weight excluding hydrogens is 466 g/mol. The van der Waals surface area contributed by atoms with Crippen LogP contribution in [0.5, 0.6) is 23.0 Å². The van der Waals surface area contributed by atoms with E-state index < -0.39 is 9.84 Å². The van der Waals surface area contributed by atoms with Crippen molar-refractivity contribution in [1.29, 1.82) is 0 Å². The molecule has 0 saturated heterocycles. The summed E-state index contributed by atoms with van der Waals surface area (Å²) in [6, 6.07) is 16.4. The molecule has 35 heavy (non-hydrogen) atoms. The van der Waals surface area contributed by atoms with E-state index >= 15 is 0 Å². The van der Waals surface area contributed by atoms with Crippen molar-refractivity contribution >= 4 is 27.8 Å². The van der Waals surface area contributed by atoms with Crippen LogP contribution in [0.25, 0.3) is 6.08 Å². The highest BCUT2D eigenvalue weighted by atomic mass is 32.2. The Labute approximate surface area is 206 Å².